The molecular weight excluding hydrogens is 356 g/mol. The lowest BCUT2D eigenvalue weighted by Gasteiger charge is -2.36. The Morgan fingerprint density at radius 2 is 2.08 bits per heavy atom. The molecule has 7 nitrogen and oxygen atoms in total. The fraction of sp³-hybridized carbons (Fsp3) is 0.444. The van der Waals surface area contributed by atoms with Crippen LogP contribution >= 0.6 is 12.4 Å². The van der Waals surface area contributed by atoms with Crippen LogP contribution in [0.5, 0.6) is 11.5 Å². The van der Waals surface area contributed by atoms with Crippen molar-refractivity contribution in [2.45, 2.75) is 12.5 Å². The summed E-state index contributed by atoms with van der Waals surface area (Å²) >= 11 is 0. The van der Waals surface area contributed by atoms with Gasteiger partial charge in [-0.3, -0.25) is 4.79 Å². The molecule has 1 atom stereocenters. The number of aryl methyl sites for hydroxylation is 1. The Labute approximate surface area is 159 Å². The highest BCUT2D eigenvalue weighted by atomic mass is 35.5. The molecule has 1 aromatic heterocycles. The molecule has 8 heteroatoms. The number of ether oxygens (including phenoxy) is 2. The number of piperazine rings is 1. The van der Waals surface area contributed by atoms with E-state index in [-0.39, 0.29) is 24.4 Å². The van der Waals surface area contributed by atoms with Crippen molar-refractivity contribution in [3.05, 3.63) is 42.0 Å². The monoisotopic (exact) mass is 380 g/mol. The number of amides is 1. The van der Waals surface area contributed by atoms with Gasteiger partial charge in [-0.05, 0) is 17.7 Å². The van der Waals surface area contributed by atoms with Crippen molar-refractivity contribution < 1.29 is 14.3 Å². The van der Waals surface area contributed by atoms with Crippen LogP contribution in [-0.2, 0) is 18.3 Å². The van der Waals surface area contributed by atoms with Crippen molar-refractivity contribution in [2.75, 3.05) is 33.9 Å². The van der Waals surface area contributed by atoms with Crippen molar-refractivity contribution in [3.8, 4) is 11.5 Å². The molecule has 0 bridgehead atoms. The standard InChI is InChI=1S/C18H24N4O3.ClH/c1-21-8-7-20-18(21)14-12-19-6-9-22(14)17(23)11-13-4-5-15(24-2)16(10-13)25-3;/h4-5,7-8,10,14,19H,6,9,11-12H2,1-3H3;1H. The Kier molecular flexibility index (Phi) is 6.88. The summed E-state index contributed by atoms with van der Waals surface area (Å²) in [6.07, 6.45) is 3.99. The number of hydrogen-bond acceptors (Lipinski definition) is 5. The molecule has 26 heavy (non-hydrogen) atoms. The van der Waals surface area contributed by atoms with Gasteiger partial charge in [0.25, 0.3) is 0 Å². The van der Waals surface area contributed by atoms with Gasteiger partial charge in [0.2, 0.25) is 5.91 Å². The first-order valence-electron chi connectivity index (χ1n) is 8.32. The maximum Gasteiger partial charge on any atom is 0.227 e. The van der Waals surface area contributed by atoms with Gasteiger partial charge in [-0.2, -0.15) is 0 Å². The van der Waals surface area contributed by atoms with Gasteiger partial charge in [0.05, 0.1) is 20.6 Å². The van der Waals surface area contributed by atoms with Crippen LogP contribution in [-0.4, -0.2) is 54.2 Å². The minimum atomic E-state index is -0.0543. The summed E-state index contributed by atoms with van der Waals surface area (Å²) in [5.74, 6) is 2.27. The summed E-state index contributed by atoms with van der Waals surface area (Å²) in [7, 11) is 5.14. The fourth-order valence-corrected chi connectivity index (χ4v) is 3.20. The zero-order valence-corrected chi connectivity index (χ0v) is 16.1. The van der Waals surface area contributed by atoms with Crippen molar-refractivity contribution >= 4 is 18.3 Å². The predicted octanol–water partition coefficient (Wildman–Crippen LogP) is 1.57. The van der Waals surface area contributed by atoms with Crippen molar-refractivity contribution in [1.29, 1.82) is 0 Å². The topological polar surface area (TPSA) is 68.6 Å². The lowest BCUT2D eigenvalue weighted by atomic mass is 10.1. The molecule has 1 aliphatic heterocycles. The molecule has 1 saturated heterocycles. The quantitative estimate of drug-likeness (QED) is 0.852. The molecule has 0 radical (unpaired) electrons. The highest BCUT2D eigenvalue weighted by molar-refractivity contribution is 5.85. The fourth-order valence-electron chi connectivity index (χ4n) is 3.20. The first kappa shape index (κ1) is 20.1. The van der Waals surface area contributed by atoms with E-state index in [9.17, 15) is 4.79 Å². The Balaban J connectivity index is 0.00000243. The van der Waals surface area contributed by atoms with E-state index in [0.717, 1.165) is 17.9 Å². The number of nitrogens with one attached hydrogen (secondary N) is 1. The van der Waals surface area contributed by atoms with Crippen LogP contribution in [0.1, 0.15) is 17.4 Å². The number of benzene rings is 1. The van der Waals surface area contributed by atoms with Crippen LogP contribution in [0.3, 0.4) is 0 Å². The van der Waals surface area contributed by atoms with Gasteiger partial charge in [0.1, 0.15) is 11.9 Å². The van der Waals surface area contributed by atoms with Crippen LogP contribution in [0.4, 0.5) is 0 Å². The van der Waals surface area contributed by atoms with Crippen LogP contribution in [0.15, 0.2) is 30.6 Å². The molecule has 2 heterocycles. The second kappa shape index (κ2) is 8.91. The summed E-state index contributed by atoms with van der Waals surface area (Å²) in [6, 6.07) is 5.53. The minimum absolute atomic E-state index is 0. The molecule has 0 spiro atoms. The number of carbonyl (C=O) groups is 1. The van der Waals surface area contributed by atoms with Crippen molar-refractivity contribution in [1.82, 2.24) is 19.8 Å². The smallest absolute Gasteiger partial charge is 0.227 e. The van der Waals surface area contributed by atoms with Crippen LogP contribution in [0, 0.1) is 0 Å². The largest absolute Gasteiger partial charge is 0.493 e. The lowest BCUT2D eigenvalue weighted by Crippen LogP contribution is -2.49. The maximum atomic E-state index is 12.9. The Hall–Kier alpha value is -2.25. The number of nitrogens with zero attached hydrogens (tertiary/aromatic N) is 3. The normalized spacial score (nSPS) is 16.7. The first-order chi connectivity index (χ1) is 12.1. The molecule has 1 amide bonds. The van der Waals surface area contributed by atoms with E-state index in [0.29, 0.717) is 31.0 Å². The third-order valence-electron chi connectivity index (χ3n) is 4.52. The zero-order chi connectivity index (χ0) is 17.8. The number of hydrogen-bond donors (Lipinski definition) is 1. The van der Waals surface area contributed by atoms with E-state index >= 15 is 0 Å². The number of carbonyl (C=O) groups excluding carboxylic acids is 1. The van der Waals surface area contributed by atoms with E-state index < -0.39 is 0 Å². The lowest BCUT2D eigenvalue weighted by molar-refractivity contribution is -0.134. The van der Waals surface area contributed by atoms with E-state index in [2.05, 4.69) is 10.3 Å². The van der Waals surface area contributed by atoms with Gasteiger partial charge in [-0.1, -0.05) is 6.07 Å². The van der Waals surface area contributed by atoms with Crippen LogP contribution < -0.4 is 14.8 Å². The van der Waals surface area contributed by atoms with E-state index in [1.807, 2.05) is 40.9 Å². The third kappa shape index (κ3) is 4.11. The minimum Gasteiger partial charge on any atom is -0.493 e. The van der Waals surface area contributed by atoms with Gasteiger partial charge in [0.15, 0.2) is 11.5 Å². The zero-order valence-electron chi connectivity index (χ0n) is 15.3. The second-order valence-electron chi connectivity index (χ2n) is 6.07. The van der Waals surface area contributed by atoms with Gasteiger partial charge < -0.3 is 24.3 Å². The number of rotatable bonds is 5. The molecule has 3 rings (SSSR count). The van der Waals surface area contributed by atoms with Crippen molar-refractivity contribution in [3.63, 3.8) is 0 Å². The first-order valence-corrected chi connectivity index (χ1v) is 8.32. The van der Waals surface area contributed by atoms with Gasteiger partial charge in [0, 0.05) is 39.1 Å². The molecule has 1 unspecified atom stereocenters. The van der Waals surface area contributed by atoms with E-state index in [1.165, 1.54) is 0 Å². The molecule has 142 valence electrons. The van der Waals surface area contributed by atoms with Crippen LogP contribution in [0.25, 0.3) is 0 Å². The molecule has 0 saturated carbocycles. The van der Waals surface area contributed by atoms with Crippen LogP contribution in [0.2, 0.25) is 0 Å². The van der Waals surface area contributed by atoms with Gasteiger partial charge in [-0.15, -0.1) is 12.4 Å². The number of methoxy groups -OCH3 is 2. The van der Waals surface area contributed by atoms with Crippen molar-refractivity contribution in [2.24, 2.45) is 7.05 Å². The second-order valence-corrected chi connectivity index (χ2v) is 6.07. The summed E-state index contributed by atoms with van der Waals surface area (Å²) < 4.78 is 12.5. The van der Waals surface area contributed by atoms with E-state index in [4.69, 9.17) is 9.47 Å². The highest BCUT2D eigenvalue weighted by Gasteiger charge is 2.30. The Bertz CT molecular complexity index is 750. The van der Waals surface area contributed by atoms with Gasteiger partial charge >= 0.3 is 0 Å². The molecule has 1 aromatic carbocycles. The summed E-state index contributed by atoms with van der Waals surface area (Å²) in [6.45, 7) is 2.17. The van der Waals surface area contributed by atoms with E-state index in [1.54, 1.807) is 20.4 Å². The molecule has 1 aliphatic rings. The summed E-state index contributed by atoms with van der Waals surface area (Å²) in [4.78, 5) is 19.3. The number of imidazole rings is 1. The Morgan fingerprint density at radius 1 is 1.31 bits per heavy atom. The maximum absolute atomic E-state index is 12.9. The predicted molar refractivity (Wildman–Crippen MR) is 101 cm³/mol. The average molecular weight is 381 g/mol. The van der Waals surface area contributed by atoms with Gasteiger partial charge in [-0.25, -0.2) is 4.98 Å². The molecule has 0 aliphatic carbocycles. The number of aromatic nitrogens is 2. The third-order valence-corrected chi connectivity index (χ3v) is 4.52. The summed E-state index contributed by atoms with van der Waals surface area (Å²) in [5, 5.41) is 3.35. The highest BCUT2D eigenvalue weighted by Crippen LogP contribution is 2.28. The molecule has 1 fully saturated rings. The molecule has 1 N–H and O–H groups in total. The SMILES string of the molecule is COc1ccc(CC(=O)N2CCNCC2c2nccn2C)cc1OC.Cl. The summed E-state index contributed by atoms with van der Waals surface area (Å²) in [5.41, 5.74) is 0.903. The molecule has 2 aromatic rings. The average Bonchev–Trinajstić information content (AvgIpc) is 3.07. The molecular formula is C18H25ClN4O3. The Morgan fingerprint density at radius 3 is 2.73 bits per heavy atom. The number of halogens is 1.